The standard InChI is InChI=1S/C19H20O4/c1-12-5-8-16(22-12)19(17-9-6-13(2)23-17)14-7-10-15(20-3)18(11-14)21-4/h5-11,19H,1-4H3. The van der Waals surface area contributed by atoms with E-state index >= 15 is 0 Å². The molecule has 0 radical (unpaired) electrons. The van der Waals surface area contributed by atoms with Crippen molar-refractivity contribution in [2.24, 2.45) is 0 Å². The van der Waals surface area contributed by atoms with Crippen LogP contribution in [0.15, 0.2) is 51.3 Å². The zero-order valence-electron chi connectivity index (χ0n) is 13.8. The molecule has 0 saturated heterocycles. The van der Waals surface area contributed by atoms with Crippen LogP contribution in [-0.4, -0.2) is 14.2 Å². The number of rotatable bonds is 5. The molecular weight excluding hydrogens is 292 g/mol. The number of ether oxygens (including phenoxy) is 2. The summed E-state index contributed by atoms with van der Waals surface area (Å²) in [4.78, 5) is 0. The van der Waals surface area contributed by atoms with E-state index in [2.05, 4.69) is 0 Å². The first-order valence-electron chi connectivity index (χ1n) is 7.47. The minimum Gasteiger partial charge on any atom is -0.493 e. The number of furan rings is 2. The van der Waals surface area contributed by atoms with Crippen molar-refractivity contribution < 1.29 is 18.3 Å². The summed E-state index contributed by atoms with van der Waals surface area (Å²) >= 11 is 0. The molecule has 120 valence electrons. The monoisotopic (exact) mass is 312 g/mol. The van der Waals surface area contributed by atoms with E-state index < -0.39 is 0 Å². The van der Waals surface area contributed by atoms with Gasteiger partial charge in [-0.1, -0.05) is 6.07 Å². The molecule has 1 aromatic carbocycles. The predicted molar refractivity (Wildman–Crippen MR) is 87.4 cm³/mol. The molecule has 0 unspecified atom stereocenters. The molecule has 0 aliphatic heterocycles. The van der Waals surface area contributed by atoms with Crippen LogP contribution in [0.1, 0.15) is 34.5 Å². The van der Waals surface area contributed by atoms with E-state index in [-0.39, 0.29) is 5.92 Å². The Kier molecular flexibility index (Phi) is 4.15. The molecule has 0 aliphatic rings. The highest BCUT2D eigenvalue weighted by Crippen LogP contribution is 2.38. The highest BCUT2D eigenvalue weighted by molar-refractivity contribution is 5.47. The van der Waals surface area contributed by atoms with E-state index in [1.807, 2.05) is 56.3 Å². The van der Waals surface area contributed by atoms with Gasteiger partial charge in [-0.25, -0.2) is 0 Å². The third kappa shape index (κ3) is 2.97. The molecule has 0 atom stereocenters. The van der Waals surface area contributed by atoms with Crippen LogP contribution in [-0.2, 0) is 0 Å². The number of benzene rings is 1. The molecule has 0 aliphatic carbocycles. The first kappa shape index (κ1) is 15.3. The van der Waals surface area contributed by atoms with Crippen LogP contribution in [0.25, 0.3) is 0 Å². The van der Waals surface area contributed by atoms with E-state index in [0.717, 1.165) is 28.6 Å². The predicted octanol–water partition coefficient (Wildman–Crippen LogP) is 4.69. The maximum absolute atomic E-state index is 5.86. The van der Waals surface area contributed by atoms with Gasteiger partial charge < -0.3 is 18.3 Å². The Balaban J connectivity index is 2.12. The van der Waals surface area contributed by atoms with E-state index in [1.165, 1.54) is 0 Å². The minimum absolute atomic E-state index is 0.128. The van der Waals surface area contributed by atoms with Gasteiger partial charge in [0.2, 0.25) is 0 Å². The quantitative estimate of drug-likeness (QED) is 0.686. The Labute approximate surface area is 135 Å². The lowest BCUT2D eigenvalue weighted by Gasteiger charge is -2.15. The summed E-state index contributed by atoms with van der Waals surface area (Å²) in [6, 6.07) is 13.7. The third-order valence-electron chi connectivity index (χ3n) is 3.83. The molecule has 2 aromatic heterocycles. The zero-order chi connectivity index (χ0) is 16.4. The van der Waals surface area contributed by atoms with Gasteiger partial charge in [-0.15, -0.1) is 0 Å². The fraction of sp³-hybridized carbons (Fsp3) is 0.263. The molecule has 4 heteroatoms. The normalized spacial score (nSPS) is 11.0. The van der Waals surface area contributed by atoms with Gasteiger partial charge in [0.25, 0.3) is 0 Å². The number of aryl methyl sites for hydroxylation is 2. The second-order valence-corrected chi connectivity index (χ2v) is 5.44. The Morgan fingerprint density at radius 3 is 1.74 bits per heavy atom. The minimum atomic E-state index is -0.128. The smallest absolute Gasteiger partial charge is 0.161 e. The molecule has 0 spiro atoms. The van der Waals surface area contributed by atoms with Crippen LogP contribution in [0.2, 0.25) is 0 Å². The van der Waals surface area contributed by atoms with E-state index in [9.17, 15) is 0 Å². The Morgan fingerprint density at radius 2 is 1.30 bits per heavy atom. The molecule has 23 heavy (non-hydrogen) atoms. The first-order chi connectivity index (χ1) is 11.1. The van der Waals surface area contributed by atoms with Gasteiger partial charge in [0, 0.05) is 0 Å². The van der Waals surface area contributed by atoms with Gasteiger partial charge in [0.1, 0.15) is 29.0 Å². The molecule has 0 saturated carbocycles. The van der Waals surface area contributed by atoms with E-state index in [4.69, 9.17) is 18.3 Å². The maximum atomic E-state index is 5.86. The molecule has 4 nitrogen and oxygen atoms in total. The van der Waals surface area contributed by atoms with E-state index in [0.29, 0.717) is 11.5 Å². The molecule has 0 amide bonds. The lowest BCUT2D eigenvalue weighted by atomic mass is 9.93. The summed E-state index contributed by atoms with van der Waals surface area (Å²) in [5, 5.41) is 0. The topological polar surface area (TPSA) is 44.7 Å². The van der Waals surface area contributed by atoms with Crippen molar-refractivity contribution in [3.8, 4) is 11.5 Å². The van der Waals surface area contributed by atoms with Gasteiger partial charge >= 0.3 is 0 Å². The van der Waals surface area contributed by atoms with Crippen molar-refractivity contribution in [3.63, 3.8) is 0 Å². The fourth-order valence-corrected chi connectivity index (χ4v) is 2.72. The SMILES string of the molecule is COc1ccc(C(c2ccc(C)o2)c2ccc(C)o2)cc1OC. The molecule has 2 heterocycles. The van der Waals surface area contributed by atoms with Crippen molar-refractivity contribution in [2.45, 2.75) is 19.8 Å². The summed E-state index contributed by atoms with van der Waals surface area (Å²) in [6.07, 6.45) is 0. The fourth-order valence-electron chi connectivity index (χ4n) is 2.72. The van der Waals surface area contributed by atoms with Crippen molar-refractivity contribution >= 4 is 0 Å². The highest BCUT2D eigenvalue weighted by atomic mass is 16.5. The van der Waals surface area contributed by atoms with Crippen molar-refractivity contribution in [1.29, 1.82) is 0 Å². The summed E-state index contributed by atoms with van der Waals surface area (Å²) in [6.45, 7) is 3.87. The molecule has 0 fully saturated rings. The lowest BCUT2D eigenvalue weighted by Crippen LogP contribution is -2.02. The van der Waals surface area contributed by atoms with Crippen LogP contribution in [0.3, 0.4) is 0 Å². The van der Waals surface area contributed by atoms with Crippen LogP contribution >= 0.6 is 0 Å². The summed E-state index contributed by atoms with van der Waals surface area (Å²) in [5.74, 6) is 4.66. The first-order valence-corrected chi connectivity index (χ1v) is 7.47. The van der Waals surface area contributed by atoms with Crippen LogP contribution < -0.4 is 9.47 Å². The van der Waals surface area contributed by atoms with Gasteiger partial charge in [0.15, 0.2) is 11.5 Å². The van der Waals surface area contributed by atoms with Gasteiger partial charge in [-0.3, -0.25) is 0 Å². The van der Waals surface area contributed by atoms with Crippen LogP contribution in [0, 0.1) is 13.8 Å². The average Bonchev–Trinajstić information content (AvgIpc) is 3.16. The number of methoxy groups -OCH3 is 2. The Bertz CT molecular complexity index is 757. The molecule has 0 bridgehead atoms. The molecule has 3 rings (SSSR count). The second-order valence-electron chi connectivity index (χ2n) is 5.44. The van der Waals surface area contributed by atoms with Crippen LogP contribution in [0.4, 0.5) is 0 Å². The maximum Gasteiger partial charge on any atom is 0.161 e. The third-order valence-corrected chi connectivity index (χ3v) is 3.83. The van der Waals surface area contributed by atoms with Gasteiger partial charge in [-0.05, 0) is 55.8 Å². The number of hydrogen-bond donors (Lipinski definition) is 0. The zero-order valence-corrected chi connectivity index (χ0v) is 13.8. The number of hydrogen-bond acceptors (Lipinski definition) is 4. The van der Waals surface area contributed by atoms with Gasteiger partial charge in [-0.2, -0.15) is 0 Å². The largest absolute Gasteiger partial charge is 0.493 e. The Hall–Kier alpha value is -2.62. The van der Waals surface area contributed by atoms with Gasteiger partial charge in [0.05, 0.1) is 14.2 Å². The summed E-state index contributed by atoms with van der Waals surface area (Å²) in [5.41, 5.74) is 1.02. The molecular formula is C19H20O4. The molecule has 3 aromatic rings. The van der Waals surface area contributed by atoms with E-state index in [1.54, 1.807) is 14.2 Å². The molecule has 0 N–H and O–H groups in total. The summed E-state index contributed by atoms with van der Waals surface area (Å²) in [7, 11) is 3.26. The highest BCUT2D eigenvalue weighted by Gasteiger charge is 2.24. The van der Waals surface area contributed by atoms with Crippen molar-refractivity contribution in [2.75, 3.05) is 14.2 Å². The van der Waals surface area contributed by atoms with Crippen molar-refractivity contribution in [1.82, 2.24) is 0 Å². The second kappa shape index (κ2) is 6.24. The average molecular weight is 312 g/mol. The summed E-state index contributed by atoms with van der Waals surface area (Å²) < 4.78 is 22.5. The lowest BCUT2D eigenvalue weighted by molar-refractivity contribution is 0.354. The van der Waals surface area contributed by atoms with Crippen LogP contribution in [0.5, 0.6) is 11.5 Å². The Morgan fingerprint density at radius 1 is 0.739 bits per heavy atom. The van der Waals surface area contributed by atoms with Crippen molar-refractivity contribution in [3.05, 3.63) is 71.1 Å².